The van der Waals surface area contributed by atoms with E-state index in [9.17, 15) is 13.2 Å². The Morgan fingerprint density at radius 1 is 1.35 bits per heavy atom. The minimum atomic E-state index is -3.46. The van der Waals surface area contributed by atoms with Crippen molar-refractivity contribution in [3.05, 3.63) is 17.0 Å². The van der Waals surface area contributed by atoms with Gasteiger partial charge in [-0.1, -0.05) is 6.92 Å². The third kappa shape index (κ3) is 3.76. The average Bonchev–Trinajstić information content (AvgIpc) is 2.96. The summed E-state index contributed by atoms with van der Waals surface area (Å²) in [5, 5.41) is 6.03. The third-order valence-electron chi connectivity index (χ3n) is 4.56. The van der Waals surface area contributed by atoms with Gasteiger partial charge in [-0.2, -0.15) is 4.31 Å². The van der Waals surface area contributed by atoms with Crippen molar-refractivity contribution in [3.8, 4) is 0 Å². The molecule has 1 aromatic heterocycles. The maximum absolute atomic E-state index is 12.6. The zero-order chi connectivity index (χ0) is 16.4. The van der Waals surface area contributed by atoms with Gasteiger partial charge >= 0.3 is 0 Å². The highest BCUT2D eigenvalue weighted by Gasteiger charge is 2.30. The molecule has 0 aromatic carbocycles. The van der Waals surface area contributed by atoms with Gasteiger partial charge in [-0.15, -0.1) is 11.3 Å². The Balaban J connectivity index is 1.64. The van der Waals surface area contributed by atoms with Crippen LogP contribution in [0, 0.1) is 11.8 Å². The minimum absolute atomic E-state index is 0.185. The van der Waals surface area contributed by atoms with Crippen LogP contribution < -0.4 is 10.6 Å². The number of sulfonamides is 1. The zero-order valence-corrected chi connectivity index (χ0v) is 14.9. The first-order valence-corrected chi connectivity index (χ1v) is 10.3. The SMILES string of the molecule is CC1CCN(S(=O)(=O)c2ccc(C(=O)NCC3CNC3)s2)CC1. The Labute approximate surface area is 141 Å². The summed E-state index contributed by atoms with van der Waals surface area (Å²) in [6.07, 6.45) is 1.79. The number of nitrogens with one attached hydrogen (secondary N) is 2. The van der Waals surface area contributed by atoms with Crippen LogP contribution in [0.4, 0.5) is 0 Å². The second-order valence-electron chi connectivity index (χ2n) is 6.44. The van der Waals surface area contributed by atoms with Crippen LogP contribution in [-0.4, -0.2) is 51.4 Å². The van der Waals surface area contributed by atoms with Gasteiger partial charge in [0.15, 0.2) is 0 Å². The Morgan fingerprint density at radius 3 is 2.65 bits per heavy atom. The summed E-state index contributed by atoms with van der Waals surface area (Å²) in [5.74, 6) is 0.875. The van der Waals surface area contributed by atoms with E-state index in [-0.39, 0.29) is 10.1 Å². The van der Waals surface area contributed by atoms with E-state index in [2.05, 4.69) is 17.6 Å². The first-order valence-electron chi connectivity index (χ1n) is 8.05. The fourth-order valence-corrected chi connectivity index (χ4v) is 5.60. The molecule has 2 aliphatic heterocycles. The molecule has 0 aliphatic carbocycles. The number of nitrogens with zero attached hydrogens (tertiary/aromatic N) is 1. The monoisotopic (exact) mass is 357 g/mol. The molecule has 0 spiro atoms. The molecule has 0 atom stereocenters. The summed E-state index contributed by atoms with van der Waals surface area (Å²) in [7, 11) is -3.46. The van der Waals surface area contributed by atoms with Crippen molar-refractivity contribution >= 4 is 27.3 Å². The fraction of sp³-hybridized carbons (Fsp3) is 0.667. The lowest BCUT2D eigenvalue weighted by Gasteiger charge is -2.28. The molecule has 6 nitrogen and oxygen atoms in total. The molecule has 2 N–H and O–H groups in total. The van der Waals surface area contributed by atoms with E-state index in [4.69, 9.17) is 0 Å². The van der Waals surface area contributed by atoms with Gasteiger partial charge in [-0.05, 0) is 30.9 Å². The highest BCUT2D eigenvalue weighted by Crippen LogP contribution is 2.28. The van der Waals surface area contributed by atoms with Crippen molar-refractivity contribution in [3.63, 3.8) is 0 Å². The van der Waals surface area contributed by atoms with Gasteiger partial charge in [0, 0.05) is 38.6 Å². The molecule has 128 valence electrons. The Kier molecular flexibility index (Phi) is 5.05. The second-order valence-corrected chi connectivity index (χ2v) is 9.69. The Morgan fingerprint density at radius 2 is 2.04 bits per heavy atom. The van der Waals surface area contributed by atoms with Gasteiger partial charge in [0.1, 0.15) is 4.21 Å². The molecule has 2 saturated heterocycles. The van der Waals surface area contributed by atoms with E-state index < -0.39 is 10.0 Å². The maximum Gasteiger partial charge on any atom is 0.261 e. The van der Waals surface area contributed by atoms with Crippen molar-refractivity contribution in [1.29, 1.82) is 0 Å². The topological polar surface area (TPSA) is 78.5 Å². The molecule has 3 rings (SSSR count). The summed E-state index contributed by atoms with van der Waals surface area (Å²) in [5.41, 5.74) is 0. The van der Waals surface area contributed by atoms with E-state index >= 15 is 0 Å². The summed E-state index contributed by atoms with van der Waals surface area (Å²) in [6, 6.07) is 3.16. The number of amides is 1. The van der Waals surface area contributed by atoms with E-state index in [0.29, 0.717) is 36.3 Å². The molecule has 8 heteroatoms. The molecule has 1 amide bonds. The smallest absolute Gasteiger partial charge is 0.261 e. The molecule has 0 unspecified atom stereocenters. The maximum atomic E-state index is 12.6. The normalized spacial score (nSPS) is 21.1. The predicted molar refractivity (Wildman–Crippen MR) is 90.2 cm³/mol. The van der Waals surface area contributed by atoms with E-state index in [1.165, 1.54) is 0 Å². The highest BCUT2D eigenvalue weighted by atomic mass is 32.2. The van der Waals surface area contributed by atoms with E-state index in [1.54, 1.807) is 16.4 Å². The first kappa shape index (κ1) is 16.9. The standard InChI is InChI=1S/C15H23N3O3S2/c1-11-4-6-18(7-5-11)23(20,21)14-3-2-13(22-14)15(19)17-10-12-8-16-9-12/h2-3,11-12,16H,4-10H2,1H3,(H,17,19). The third-order valence-corrected chi connectivity index (χ3v) is 8.01. The molecule has 0 saturated carbocycles. The van der Waals surface area contributed by atoms with Gasteiger partial charge in [0.05, 0.1) is 4.88 Å². The van der Waals surface area contributed by atoms with Gasteiger partial charge in [-0.3, -0.25) is 4.79 Å². The number of rotatable bonds is 5. The van der Waals surface area contributed by atoms with Gasteiger partial charge in [0.2, 0.25) is 0 Å². The first-order chi connectivity index (χ1) is 11.0. The number of hydrogen-bond acceptors (Lipinski definition) is 5. The van der Waals surface area contributed by atoms with Crippen LogP contribution in [0.2, 0.25) is 0 Å². The van der Waals surface area contributed by atoms with Crippen molar-refractivity contribution in [2.75, 3.05) is 32.7 Å². The minimum Gasteiger partial charge on any atom is -0.351 e. The van der Waals surface area contributed by atoms with Crippen molar-refractivity contribution in [1.82, 2.24) is 14.9 Å². The summed E-state index contributed by atoms with van der Waals surface area (Å²) in [6.45, 7) is 5.77. The van der Waals surface area contributed by atoms with E-state index in [0.717, 1.165) is 37.3 Å². The zero-order valence-electron chi connectivity index (χ0n) is 13.2. The quantitative estimate of drug-likeness (QED) is 0.828. The molecule has 23 heavy (non-hydrogen) atoms. The number of carbonyl (C=O) groups excluding carboxylic acids is 1. The summed E-state index contributed by atoms with van der Waals surface area (Å²) in [4.78, 5) is 12.6. The average molecular weight is 358 g/mol. The van der Waals surface area contributed by atoms with Crippen LogP contribution in [-0.2, 0) is 10.0 Å². The Bertz CT molecular complexity index is 659. The van der Waals surface area contributed by atoms with Gasteiger partial charge in [0.25, 0.3) is 15.9 Å². The largest absolute Gasteiger partial charge is 0.351 e. The predicted octanol–water partition coefficient (Wildman–Crippen LogP) is 1.12. The summed E-state index contributed by atoms with van der Waals surface area (Å²) >= 11 is 1.06. The van der Waals surface area contributed by atoms with Gasteiger partial charge < -0.3 is 10.6 Å². The molecular weight excluding hydrogens is 334 g/mol. The van der Waals surface area contributed by atoms with Crippen LogP contribution in [0.25, 0.3) is 0 Å². The Hall–Kier alpha value is -0.960. The number of piperidine rings is 1. The summed E-state index contributed by atoms with van der Waals surface area (Å²) < 4.78 is 27.1. The fourth-order valence-electron chi connectivity index (χ4n) is 2.75. The van der Waals surface area contributed by atoms with Gasteiger partial charge in [-0.25, -0.2) is 8.42 Å². The second kappa shape index (κ2) is 6.88. The van der Waals surface area contributed by atoms with Crippen molar-refractivity contribution in [2.45, 2.75) is 24.0 Å². The number of carbonyl (C=O) groups is 1. The molecule has 2 aliphatic rings. The molecule has 1 aromatic rings. The molecule has 2 fully saturated rings. The van der Waals surface area contributed by atoms with Crippen LogP contribution in [0.1, 0.15) is 29.4 Å². The number of hydrogen-bond donors (Lipinski definition) is 2. The van der Waals surface area contributed by atoms with Crippen LogP contribution in [0.5, 0.6) is 0 Å². The molecular formula is C15H23N3O3S2. The molecule has 3 heterocycles. The molecule has 0 bridgehead atoms. The molecule has 0 radical (unpaired) electrons. The number of thiophene rings is 1. The van der Waals surface area contributed by atoms with Crippen LogP contribution >= 0.6 is 11.3 Å². The lowest BCUT2D eigenvalue weighted by molar-refractivity contribution is 0.0946. The highest BCUT2D eigenvalue weighted by molar-refractivity contribution is 7.91. The van der Waals surface area contributed by atoms with Crippen LogP contribution in [0.3, 0.4) is 0 Å². The lowest BCUT2D eigenvalue weighted by Crippen LogP contribution is -2.48. The lowest BCUT2D eigenvalue weighted by atomic mass is 10.0. The van der Waals surface area contributed by atoms with Crippen molar-refractivity contribution in [2.24, 2.45) is 11.8 Å². The van der Waals surface area contributed by atoms with Crippen molar-refractivity contribution < 1.29 is 13.2 Å². The van der Waals surface area contributed by atoms with Crippen LogP contribution in [0.15, 0.2) is 16.3 Å². The van der Waals surface area contributed by atoms with E-state index in [1.807, 2.05) is 0 Å².